The van der Waals surface area contributed by atoms with Crippen LogP contribution in [0.15, 0.2) is 60.7 Å². The van der Waals surface area contributed by atoms with E-state index in [-0.39, 0.29) is 24.3 Å². The summed E-state index contributed by atoms with van der Waals surface area (Å²) in [6, 6.07) is -1.01. The van der Waals surface area contributed by atoms with Crippen LogP contribution in [0.5, 0.6) is 11.5 Å². The van der Waals surface area contributed by atoms with Crippen molar-refractivity contribution < 1.29 is 76.9 Å². The van der Waals surface area contributed by atoms with Gasteiger partial charge in [0.1, 0.15) is 22.9 Å². The third-order valence-corrected chi connectivity index (χ3v) is 7.68. The first-order chi connectivity index (χ1) is 26.2. The topological polar surface area (TPSA) is 178 Å². The lowest BCUT2D eigenvalue weighted by Crippen LogP contribution is -2.25. The van der Waals surface area contributed by atoms with Gasteiger partial charge in [-0.05, 0) is 47.5 Å². The monoisotopic (exact) mass is 828 g/mol. The van der Waals surface area contributed by atoms with Crippen molar-refractivity contribution in [3.05, 3.63) is 103 Å². The lowest BCUT2D eigenvalue weighted by molar-refractivity contribution is -0.384. The first kappa shape index (κ1) is 42.9. The molecule has 0 saturated carbocycles. The number of hydrogen-bond acceptors (Lipinski definition) is 7. The molecule has 0 fully saturated rings. The number of nitro benzene ring substituents is 2. The third-order valence-electron chi connectivity index (χ3n) is 7.68. The van der Waals surface area contributed by atoms with Crippen LogP contribution in [-0.4, -0.2) is 36.0 Å². The van der Waals surface area contributed by atoms with E-state index in [1.54, 1.807) is 0 Å². The summed E-state index contributed by atoms with van der Waals surface area (Å²) in [4.78, 5) is 46.6. The molecule has 0 heterocycles. The van der Waals surface area contributed by atoms with Gasteiger partial charge in [0, 0.05) is 26.2 Å². The number of halogens is 12. The second-order valence-electron chi connectivity index (χ2n) is 11.2. The van der Waals surface area contributed by atoms with Gasteiger partial charge < -0.3 is 26.0 Å². The molecule has 13 nitrogen and oxygen atoms in total. The van der Waals surface area contributed by atoms with Gasteiger partial charge in [0.05, 0.1) is 43.2 Å². The van der Waals surface area contributed by atoms with Crippen LogP contribution in [0.3, 0.4) is 0 Å². The van der Waals surface area contributed by atoms with Gasteiger partial charge in [-0.25, -0.2) is 9.59 Å². The summed E-state index contributed by atoms with van der Waals surface area (Å²) in [7, 11) is 1.87. The van der Waals surface area contributed by atoms with Gasteiger partial charge in [0.2, 0.25) is 0 Å². The molecule has 4 aromatic carbocycles. The molecule has 304 valence electrons. The first-order valence-corrected chi connectivity index (χ1v) is 15.1. The fourth-order valence-electron chi connectivity index (χ4n) is 5.22. The van der Waals surface area contributed by atoms with Crippen LogP contribution in [0.1, 0.15) is 22.3 Å². The molecule has 4 aromatic rings. The highest BCUT2D eigenvalue weighted by molar-refractivity contribution is 6.02. The molecule has 57 heavy (non-hydrogen) atoms. The van der Waals surface area contributed by atoms with E-state index in [2.05, 4.69) is 0 Å². The van der Waals surface area contributed by atoms with E-state index in [1.807, 2.05) is 21.3 Å². The van der Waals surface area contributed by atoms with Gasteiger partial charge in [-0.2, -0.15) is 52.7 Å². The number of carbonyl (C=O) groups is 2. The number of anilines is 2. The number of ether oxygens (including phenoxy) is 1. The van der Waals surface area contributed by atoms with Crippen LogP contribution in [0.25, 0.3) is 22.3 Å². The number of alkyl halides is 12. The van der Waals surface area contributed by atoms with Crippen molar-refractivity contribution in [2.24, 2.45) is 0 Å². The van der Waals surface area contributed by atoms with Crippen LogP contribution < -0.4 is 26.0 Å². The van der Waals surface area contributed by atoms with Gasteiger partial charge in [0.15, 0.2) is 0 Å². The molecule has 0 radical (unpaired) electrons. The number of nitrogens with one attached hydrogen (secondary N) is 4. The Balaban J connectivity index is 2.26. The second-order valence-corrected chi connectivity index (χ2v) is 11.2. The van der Waals surface area contributed by atoms with Crippen molar-refractivity contribution in [1.82, 2.24) is 10.6 Å². The van der Waals surface area contributed by atoms with E-state index >= 15 is 0 Å². The third kappa shape index (κ3) is 9.18. The Morgan fingerprint density at radius 2 is 0.877 bits per heavy atom. The predicted molar refractivity (Wildman–Crippen MR) is 173 cm³/mol. The zero-order valence-electron chi connectivity index (χ0n) is 28.1. The maximum Gasteiger partial charge on any atom is 0.417 e. The van der Waals surface area contributed by atoms with Gasteiger partial charge >= 0.3 is 36.8 Å². The van der Waals surface area contributed by atoms with E-state index in [0.29, 0.717) is 24.3 Å². The largest absolute Gasteiger partial charge is 0.456 e. The number of urea groups is 2. The molecule has 0 aromatic heterocycles. The minimum absolute atomic E-state index is 0.108. The van der Waals surface area contributed by atoms with E-state index < -0.39 is 138 Å². The molecule has 4 N–H and O–H groups in total. The number of benzene rings is 4. The van der Waals surface area contributed by atoms with Crippen molar-refractivity contribution in [3.63, 3.8) is 0 Å². The number of hydrogen-bond donors (Lipinski definition) is 4. The van der Waals surface area contributed by atoms with Crippen molar-refractivity contribution in [2.75, 3.05) is 24.7 Å². The Hall–Kier alpha value is -6.82. The van der Waals surface area contributed by atoms with E-state index in [4.69, 9.17) is 4.74 Å². The molecule has 4 rings (SSSR count). The number of carbonyl (C=O) groups excluding carboxylic acids is 2. The Bertz CT molecular complexity index is 2120. The van der Waals surface area contributed by atoms with Gasteiger partial charge in [0.25, 0.3) is 11.4 Å². The van der Waals surface area contributed by atoms with E-state index in [9.17, 15) is 82.5 Å². The predicted octanol–water partition coefficient (Wildman–Crippen LogP) is 10.2. The molecular weight excluding hydrogens is 808 g/mol. The van der Waals surface area contributed by atoms with Crippen molar-refractivity contribution in [1.29, 1.82) is 0 Å². The second kappa shape index (κ2) is 15.4. The number of rotatable bonds is 8. The Morgan fingerprint density at radius 3 is 1.14 bits per heavy atom. The first-order valence-electron chi connectivity index (χ1n) is 15.1. The van der Waals surface area contributed by atoms with Crippen molar-refractivity contribution in [2.45, 2.75) is 24.7 Å². The van der Waals surface area contributed by atoms with E-state index in [1.165, 1.54) is 0 Å². The lowest BCUT2D eigenvalue weighted by atomic mass is 9.93. The molecule has 0 aliphatic rings. The van der Waals surface area contributed by atoms with Gasteiger partial charge in [-0.3, -0.25) is 20.2 Å². The normalized spacial score (nSPS) is 12.1. The molecule has 0 saturated heterocycles. The highest BCUT2D eigenvalue weighted by atomic mass is 19.4. The van der Waals surface area contributed by atoms with Crippen LogP contribution in [-0.2, 0) is 24.7 Å². The Kier molecular flexibility index (Phi) is 11.6. The Labute approximate surface area is 308 Å². The molecule has 0 atom stereocenters. The fourth-order valence-corrected chi connectivity index (χ4v) is 5.22. The van der Waals surface area contributed by atoms with Crippen LogP contribution >= 0.6 is 0 Å². The van der Waals surface area contributed by atoms with Crippen LogP contribution in [0, 0.1) is 20.2 Å². The maximum atomic E-state index is 14.5. The minimum atomic E-state index is -5.71. The fraction of sp³-hybridized carbons (Fsp3) is 0.188. The summed E-state index contributed by atoms with van der Waals surface area (Å²) >= 11 is 0. The SMILES string of the molecule is CNC(=O)Nc1c([N+](=O)[O-])ccc(Oc2ccc([N+](=O)[O-])c(NC(=O)NC)c2-c2ccc(C(F)(F)F)cc2C(F)(F)F)c1-c1ccc(C(F)(F)F)cc1C(F)(F)F. The molecule has 0 unspecified atom stereocenters. The quantitative estimate of drug-likeness (QED) is 0.0776. The molecule has 0 bridgehead atoms. The molecule has 25 heteroatoms. The number of amides is 4. The summed E-state index contributed by atoms with van der Waals surface area (Å²) in [5.41, 5.74) is -18.1. The average Bonchev–Trinajstić information content (AvgIpc) is 3.09. The summed E-state index contributed by atoms with van der Waals surface area (Å²) in [6.45, 7) is 0. The zero-order valence-corrected chi connectivity index (χ0v) is 28.1. The molecule has 0 aliphatic heterocycles. The smallest absolute Gasteiger partial charge is 0.417 e. The summed E-state index contributed by atoms with van der Waals surface area (Å²) in [6.07, 6.45) is -22.2. The van der Waals surface area contributed by atoms with Crippen LogP contribution in [0.2, 0.25) is 0 Å². The summed E-state index contributed by atoms with van der Waals surface area (Å²) in [5.74, 6) is -2.25. The molecule has 0 spiro atoms. The summed E-state index contributed by atoms with van der Waals surface area (Å²) in [5, 5.41) is 31.7. The van der Waals surface area contributed by atoms with Crippen LogP contribution in [0.4, 0.5) is 85.0 Å². The molecular formula is C32H20F12N6O7. The lowest BCUT2D eigenvalue weighted by Gasteiger charge is -2.23. The molecule has 0 aliphatic carbocycles. The highest BCUT2D eigenvalue weighted by Gasteiger charge is 2.42. The van der Waals surface area contributed by atoms with Gasteiger partial charge in [-0.1, -0.05) is 12.1 Å². The number of nitro groups is 2. The Morgan fingerprint density at radius 1 is 0.544 bits per heavy atom. The highest BCUT2D eigenvalue weighted by Crippen LogP contribution is 2.53. The zero-order chi connectivity index (χ0) is 43.0. The maximum absolute atomic E-state index is 14.5. The summed E-state index contributed by atoms with van der Waals surface area (Å²) < 4.78 is 175. The van der Waals surface area contributed by atoms with Crippen molar-refractivity contribution >= 4 is 34.8 Å². The minimum Gasteiger partial charge on any atom is -0.456 e. The van der Waals surface area contributed by atoms with Crippen molar-refractivity contribution in [3.8, 4) is 33.8 Å². The standard InChI is InChI=1S/C32H20F12N6O7/c1-45-27(51)47-25-19(49(53)54)7-9-21(23(25)15-5-3-13(29(33,34)35)11-17(15)31(39,40)41)57-22-10-8-20(50(55)56)26(48-28(52)46-2)24(22)16-6-4-14(30(36,37)38)12-18(16)32(42,43)44/h3-12H,1-2H3,(H2,45,47,51)(H2,46,48,52). The van der Waals surface area contributed by atoms with E-state index in [0.717, 1.165) is 14.1 Å². The van der Waals surface area contributed by atoms with Gasteiger partial charge in [-0.15, -0.1) is 0 Å². The number of nitrogens with zero attached hydrogens (tertiary/aromatic N) is 2. The average molecular weight is 829 g/mol. The molecule has 4 amide bonds.